The fraction of sp³-hybridized carbons (Fsp3) is 0.367. The predicted molar refractivity (Wildman–Crippen MR) is 156 cm³/mol. The summed E-state index contributed by atoms with van der Waals surface area (Å²) in [5.74, 6) is 1.62. The zero-order valence-corrected chi connectivity index (χ0v) is 23.7. The van der Waals surface area contributed by atoms with Gasteiger partial charge in [-0.15, -0.1) is 11.8 Å². The second-order valence-electron chi connectivity index (χ2n) is 10.5. The van der Waals surface area contributed by atoms with Gasteiger partial charge in [0, 0.05) is 53.7 Å². The Hall–Kier alpha value is -3.63. The Morgan fingerprint density at radius 2 is 1.88 bits per heavy atom. The molecular weight excluding hydrogens is 527 g/mol. The number of piperidine rings is 1. The molecule has 0 saturated carbocycles. The Morgan fingerprint density at radius 1 is 1.07 bits per heavy atom. The molecule has 2 atom stereocenters. The smallest absolute Gasteiger partial charge is 0.253 e. The second-order valence-corrected chi connectivity index (χ2v) is 11.6. The molecule has 0 aromatic carbocycles. The third-order valence-electron chi connectivity index (χ3n) is 6.94. The van der Waals surface area contributed by atoms with Gasteiger partial charge in [0.25, 0.3) is 5.91 Å². The van der Waals surface area contributed by atoms with Gasteiger partial charge in [0.2, 0.25) is 0 Å². The summed E-state index contributed by atoms with van der Waals surface area (Å²) < 4.78 is 14.7. The number of thioether (sulfide) groups is 1. The lowest BCUT2D eigenvalue weighted by molar-refractivity contribution is 0.0949. The van der Waals surface area contributed by atoms with Crippen LogP contribution in [0.1, 0.15) is 42.0 Å². The van der Waals surface area contributed by atoms with Gasteiger partial charge in [-0.3, -0.25) is 14.8 Å². The van der Waals surface area contributed by atoms with Crippen molar-refractivity contribution in [3.8, 4) is 11.4 Å². The largest absolute Gasteiger partial charge is 0.396 e. The number of carbonyl (C=O) groups is 1. The topological polar surface area (TPSA) is 104 Å². The minimum Gasteiger partial charge on any atom is -0.396 e. The van der Waals surface area contributed by atoms with Crippen molar-refractivity contribution in [1.29, 1.82) is 0 Å². The molecule has 1 amide bonds. The molecule has 8 nitrogen and oxygen atoms in total. The number of halogens is 1. The first-order valence-electron chi connectivity index (χ1n) is 13.5. The molecule has 5 rings (SSSR count). The van der Waals surface area contributed by atoms with Crippen molar-refractivity contribution in [3.05, 3.63) is 71.6 Å². The lowest BCUT2D eigenvalue weighted by Crippen LogP contribution is -2.39. The number of aryl methyl sites for hydroxylation is 1. The van der Waals surface area contributed by atoms with E-state index in [1.54, 1.807) is 18.5 Å². The molecule has 1 saturated heterocycles. The van der Waals surface area contributed by atoms with Crippen LogP contribution in [0.4, 0.5) is 10.2 Å². The predicted octanol–water partition coefficient (Wildman–Crippen LogP) is 5.03. The van der Waals surface area contributed by atoms with Crippen LogP contribution in [-0.2, 0) is 6.54 Å². The van der Waals surface area contributed by atoms with Crippen molar-refractivity contribution in [2.45, 2.75) is 38.6 Å². The first-order valence-corrected chi connectivity index (χ1v) is 14.4. The third kappa shape index (κ3) is 6.56. The highest BCUT2D eigenvalue weighted by atomic mass is 32.2. The van der Waals surface area contributed by atoms with Gasteiger partial charge in [-0.2, -0.15) is 0 Å². The van der Waals surface area contributed by atoms with E-state index in [1.807, 2.05) is 25.1 Å². The molecule has 4 aromatic rings. The third-order valence-corrected chi connectivity index (χ3v) is 8.05. The zero-order valence-electron chi connectivity index (χ0n) is 22.9. The number of aliphatic hydroxyl groups excluding tert-OH is 1. The Balaban J connectivity index is 1.34. The van der Waals surface area contributed by atoms with Crippen LogP contribution in [0.5, 0.6) is 0 Å². The van der Waals surface area contributed by atoms with Crippen molar-refractivity contribution in [2.24, 2.45) is 11.8 Å². The van der Waals surface area contributed by atoms with Crippen LogP contribution < -0.4 is 10.2 Å². The first kappa shape index (κ1) is 27.9. The van der Waals surface area contributed by atoms with Crippen molar-refractivity contribution >= 4 is 34.4 Å². The van der Waals surface area contributed by atoms with Crippen molar-refractivity contribution in [2.75, 3.05) is 30.3 Å². The normalized spacial score (nSPS) is 17.3. The first-order chi connectivity index (χ1) is 19.3. The van der Waals surface area contributed by atoms with E-state index < -0.39 is 0 Å². The number of nitrogens with one attached hydrogen (secondary N) is 1. The number of carbonyl (C=O) groups excluding carboxylic acids is 1. The fourth-order valence-corrected chi connectivity index (χ4v) is 5.92. The van der Waals surface area contributed by atoms with Crippen molar-refractivity contribution < 1.29 is 14.3 Å². The van der Waals surface area contributed by atoms with E-state index in [0.717, 1.165) is 35.5 Å². The van der Waals surface area contributed by atoms with Crippen molar-refractivity contribution in [1.82, 2.24) is 25.3 Å². The van der Waals surface area contributed by atoms with Gasteiger partial charge in [0.1, 0.15) is 11.6 Å². The van der Waals surface area contributed by atoms with Gasteiger partial charge in [-0.25, -0.2) is 14.4 Å². The van der Waals surface area contributed by atoms with Crippen LogP contribution >= 0.6 is 11.8 Å². The van der Waals surface area contributed by atoms with Gasteiger partial charge >= 0.3 is 0 Å². The monoisotopic (exact) mass is 560 g/mol. The summed E-state index contributed by atoms with van der Waals surface area (Å²) in [6.45, 7) is 8.28. The number of nitrogens with zero attached hydrogens (tertiary/aromatic N) is 5. The molecule has 1 aliphatic rings. The maximum atomic E-state index is 14.7. The number of fused-ring (bicyclic) bond motifs is 1. The standard InChI is InChI=1S/C30H33FN6O2S/c1-18-8-19(2)17-37(16-18)29-11-23(31)10-27(36-29)25-5-4-21-13-33-24(12-26(21)35-25)15-34-30(39)22-9-28(40-7-6-38)20(3)32-14-22/h4-5,9-14,18-19,38H,6-8,15-17H2,1-3H3,(H,34,39)/t18-,19?/m1/s1. The van der Waals surface area contributed by atoms with E-state index in [4.69, 9.17) is 15.1 Å². The molecule has 40 heavy (non-hydrogen) atoms. The number of amides is 1. The molecule has 0 radical (unpaired) electrons. The van der Waals surface area contributed by atoms with Crippen LogP contribution in [0.2, 0.25) is 0 Å². The van der Waals surface area contributed by atoms with Gasteiger partial charge in [-0.05, 0) is 49.4 Å². The molecule has 0 spiro atoms. The minimum absolute atomic E-state index is 0.0529. The molecule has 10 heteroatoms. The summed E-state index contributed by atoms with van der Waals surface area (Å²) in [6.07, 6.45) is 4.42. The summed E-state index contributed by atoms with van der Waals surface area (Å²) in [5, 5.41) is 12.8. The summed E-state index contributed by atoms with van der Waals surface area (Å²) in [5.41, 5.74) is 3.64. The van der Waals surface area contributed by atoms with Gasteiger partial charge in [-0.1, -0.05) is 13.8 Å². The Morgan fingerprint density at radius 3 is 2.65 bits per heavy atom. The Labute approximate surface area is 237 Å². The molecule has 5 heterocycles. The van der Waals surface area contributed by atoms with Gasteiger partial charge in [0.15, 0.2) is 0 Å². The summed E-state index contributed by atoms with van der Waals surface area (Å²) in [4.78, 5) is 34.1. The molecular formula is C30H33FN6O2S. The van der Waals surface area contributed by atoms with E-state index in [-0.39, 0.29) is 24.9 Å². The van der Waals surface area contributed by atoms with Gasteiger partial charge in [0.05, 0.1) is 47.0 Å². The minimum atomic E-state index is -0.338. The number of hydrogen-bond donors (Lipinski definition) is 2. The van der Waals surface area contributed by atoms with E-state index in [9.17, 15) is 9.18 Å². The highest BCUT2D eigenvalue weighted by Gasteiger charge is 2.23. The van der Waals surface area contributed by atoms with Crippen LogP contribution in [0.3, 0.4) is 0 Å². The average molecular weight is 561 g/mol. The number of aliphatic hydroxyl groups is 1. The average Bonchev–Trinajstić information content (AvgIpc) is 2.94. The number of pyridine rings is 4. The number of rotatable bonds is 8. The van der Waals surface area contributed by atoms with Crippen LogP contribution in [-0.4, -0.2) is 56.4 Å². The maximum absolute atomic E-state index is 14.7. The lowest BCUT2D eigenvalue weighted by atomic mass is 9.92. The molecule has 2 N–H and O–H groups in total. The van der Waals surface area contributed by atoms with Crippen LogP contribution in [0, 0.1) is 24.6 Å². The molecule has 1 unspecified atom stereocenters. The summed E-state index contributed by atoms with van der Waals surface area (Å²) in [7, 11) is 0. The van der Waals surface area contributed by atoms with Crippen LogP contribution in [0.25, 0.3) is 22.3 Å². The van der Waals surface area contributed by atoms with Gasteiger partial charge < -0.3 is 15.3 Å². The van der Waals surface area contributed by atoms with Crippen molar-refractivity contribution in [3.63, 3.8) is 0 Å². The highest BCUT2D eigenvalue weighted by Crippen LogP contribution is 2.28. The van der Waals surface area contributed by atoms with E-state index >= 15 is 0 Å². The number of anilines is 1. The fourth-order valence-electron chi connectivity index (χ4n) is 5.14. The zero-order chi connectivity index (χ0) is 28.2. The maximum Gasteiger partial charge on any atom is 0.253 e. The summed E-state index contributed by atoms with van der Waals surface area (Å²) >= 11 is 1.46. The molecule has 208 valence electrons. The molecule has 4 aromatic heterocycles. The molecule has 1 aliphatic heterocycles. The molecule has 0 bridgehead atoms. The molecule has 0 aliphatic carbocycles. The lowest BCUT2D eigenvalue weighted by Gasteiger charge is -2.36. The van der Waals surface area contributed by atoms with E-state index in [1.165, 1.54) is 23.9 Å². The SMILES string of the molecule is Cc1ncc(C(=O)NCc2cc3nc(-c4cc(F)cc(N5CC(C)C[C@@H](C)C5)n4)ccc3cn2)cc1SCCO. The second kappa shape index (κ2) is 12.3. The van der Waals surface area contributed by atoms with Crippen LogP contribution in [0.15, 0.2) is 53.7 Å². The Kier molecular flexibility index (Phi) is 8.56. The van der Waals surface area contributed by atoms with E-state index in [2.05, 4.69) is 34.0 Å². The highest BCUT2D eigenvalue weighted by molar-refractivity contribution is 7.99. The Bertz CT molecular complexity index is 1520. The quantitative estimate of drug-likeness (QED) is 0.289. The number of hydrogen-bond acceptors (Lipinski definition) is 8. The van der Waals surface area contributed by atoms with E-state index in [0.29, 0.717) is 51.6 Å². The molecule has 1 fully saturated rings. The number of aromatic nitrogens is 4. The summed E-state index contributed by atoms with van der Waals surface area (Å²) in [6, 6.07) is 10.2.